The molecule has 0 aromatic rings. The van der Waals surface area contributed by atoms with Crippen LogP contribution in [0.5, 0.6) is 0 Å². The van der Waals surface area contributed by atoms with E-state index in [1.807, 2.05) is 0 Å². The van der Waals surface area contributed by atoms with Gasteiger partial charge in [-0.3, -0.25) is 0 Å². The van der Waals surface area contributed by atoms with Crippen molar-refractivity contribution in [2.45, 2.75) is 11.7 Å². The third kappa shape index (κ3) is 1.56. The van der Waals surface area contributed by atoms with Crippen LogP contribution in [0.15, 0.2) is 24.0 Å². The zero-order valence-electron chi connectivity index (χ0n) is 6.97. The Bertz CT molecular complexity index is 280. The first-order chi connectivity index (χ1) is 6.00. The van der Waals surface area contributed by atoms with Crippen LogP contribution in [-0.2, 0) is 9.53 Å². The Balaban J connectivity index is 2.95. The van der Waals surface area contributed by atoms with Crippen LogP contribution < -0.4 is 0 Å². The number of aliphatic hydroxyl groups is 3. The monoisotopic (exact) mass is 186 g/mol. The van der Waals surface area contributed by atoms with Gasteiger partial charge in [-0.05, 0) is 18.2 Å². The molecule has 0 saturated heterocycles. The van der Waals surface area contributed by atoms with Crippen LogP contribution in [0.2, 0.25) is 0 Å². The van der Waals surface area contributed by atoms with E-state index in [0.717, 1.165) is 25.3 Å². The van der Waals surface area contributed by atoms with Gasteiger partial charge in [-0.2, -0.15) is 0 Å². The normalized spacial score (nSPS) is 32.5. The second kappa shape index (κ2) is 3.20. The van der Waals surface area contributed by atoms with Gasteiger partial charge in [0, 0.05) is 0 Å². The Kier molecular flexibility index (Phi) is 2.40. The minimum Gasteiger partial charge on any atom is -0.508 e. The lowest BCUT2D eigenvalue weighted by molar-refractivity contribution is -0.164. The fourth-order valence-electron chi connectivity index (χ4n) is 1.01. The van der Waals surface area contributed by atoms with Crippen molar-refractivity contribution >= 4 is 5.97 Å². The zero-order valence-corrected chi connectivity index (χ0v) is 6.97. The van der Waals surface area contributed by atoms with Crippen LogP contribution in [0.1, 0.15) is 0 Å². The second-order valence-electron chi connectivity index (χ2n) is 2.69. The highest BCUT2D eigenvalue weighted by Crippen LogP contribution is 2.21. The Morgan fingerprint density at radius 2 is 2.31 bits per heavy atom. The molecule has 1 aliphatic rings. The molecule has 13 heavy (non-hydrogen) atoms. The van der Waals surface area contributed by atoms with Crippen molar-refractivity contribution in [1.29, 1.82) is 0 Å². The maximum absolute atomic E-state index is 11.0. The zero-order chi connectivity index (χ0) is 10.1. The molecule has 0 bridgehead atoms. The Hall–Kier alpha value is -1.33. The molecular formula is C8H10O5. The third-order valence-corrected chi connectivity index (χ3v) is 1.80. The maximum Gasteiger partial charge on any atom is 0.345 e. The molecule has 1 aliphatic carbocycles. The first-order valence-corrected chi connectivity index (χ1v) is 3.59. The minimum atomic E-state index is -2.10. The van der Waals surface area contributed by atoms with Gasteiger partial charge in [0.05, 0.1) is 7.11 Å². The number of carbonyl (C=O) groups is 1. The molecule has 0 radical (unpaired) electrons. The second-order valence-corrected chi connectivity index (χ2v) is 2.69. The maximum atomic E-state index is 11.0. The molecular weight excluding hydrogens is 176 g/mol. The minimum absolute atomic E-state index is 0.207. The van der Waals surface area contributed by atoms with E-state index < -0.39 is 17.7 Å². The first-order valence-electron chi connectivity index (χ1n) is 3.59. The standard InChI is InChI=1S/C8H10O5/c1-13-7(11)8(12)3-2-5(9)4-6(8)10/h2-4,6,9-10,12H,1H3. The molecule has 5 nitrogen and oxygen atoms in total. The SMILES string of the molecule is COC(=O)C1(O)C=CC(O)=CC1O. The summed E-state index contributed by atoms with van der Waals surface area (Å²) in [5.74, 6) is -1.18. The van der Waals surface area contributed by atoms with Gasteiger partial charge in [0.25, 0.3) is 0 Å². The molecule has 0 aliphatic heterocycles. The van der Waals surface area contributed by atoms with Crippen LogP contribution in [0.25, 0.3) is 0 Å². The van der Waals surface area contributed by atoms with Crippen molar-refractivity contribution < 1.29 is 24.9 Å². The van der Waals surface area contributed by atoms with Gasteiger partial charge < -0.3 is 20.1 Å². The molecule has 0 aromatic carbocycles. The summed E-state index contributed by atoms with van der Waals surface area (Å²) in [5, 5.41) is 27.7. The Morgan fingerprint density at radius 1 is 1.69 bits per heavy atom. The summed E-state index contributed by atoms with van der Waals surface area (Å²) in [6.07, 6.45) is 1.56. The number of carbonyl (C=O) groups excluding carboxylic acids is 1. The summed E-state index contributed by atoms with van der Waals surface area (Å²) < 4.78 is 4.29. The van der Waals surface area contributed by atoms with Gasteiger partial charge in [0.15, 0.2) is 0 Å². The van der Waals surface area contributed by atoms with E-state index in [1.165, 1.54) is 0 Å². The number of allylic oxidation sites excluding steroid dienone is 1. The number of hydrogen-bond donors (Lipinski definition) is 3. The number of methoxy groups -OCH3 is 1. The average Bonchev–Trinajstić information content (AvgIpc) is 2.11. The van der Waals surface area contributed by atoms with Gasteiger partial charge in [-0.15, -0.1) is 0 Å². The summed E-state index contributed by atoms with van der Waals surface area (Å²) in [7, 11) is 1.10. The molecule has 1 rings (SSSR count). The summed E-state index contributed by atoms with van der Waals surface area (Å²) in [6.45, 7) is 0. The van der Waals surface area contributed by atoms with Crippen LogP contribution in [0.4, 0.5) is 0 Å². The average molecular weight is 186 g/mol. The molecule has 0 amide bonds. The molecule has 2 atom stereocenters. The quantitative estimate of drug-likeness (QED) is 0.469. The van der Waals surface area contributed by atoms with Crippen molar-refractivity contribution in [2.24, 2.45) is 0 Å². The first kappa shape index (κ1) is 9.76. The highest BCUT2D eigenvalue weighted by molar-refractivity contribution is 5.83. The highest BCUT2D eigenvalue weighted by atomic mass is 16.5. The molecule has 0 spiro atoms. The van der Waals surface area contributed by atoms with Crippen LogP contribution in [0, 0.1) is 0 Å². The van der Waals surface area contributed by atoms with E-state index in [2.05, 4.69) is 4.74 Å². The Labute approximate surface area is 74.6 Å². The molecule has 0 saturated carbocycles. The number of aliphatic hydroxyl groups excluding tert-OH is 2. The summed E-state index contributed by atoms with van der Waals surface area (Å²) in [4.78, 5) is 11.0. The van der Waals surface area contributed by atoms with Gasteiger partial charge in [-0.25, -0.2) is 4.79 Å². The van der Waals surface area contributed by atoms with E-state index in [4.69, 9.17) is 5.11 Å². The molecule has 3 N–H and O–H groups in total. The predicted octanol–water partition coefficient (Wildman–Crippen LogP) is -0.737. The lowest BCUT2D eigenvalue weighted by atomic mass is 9.92. The van der Waals surface area contributed by atoms with Gasteiger partial charge >= 0.3 is 5.97 Å². The third-order valence-electron chi connectivity index (χ3n) is 1.80. The van der Waals surface area contributed by atoms with Crippen LogP contribution >= 0.6 is 0 Å². The molecule has 2 unspecified atom stereocenters. The lowest BCUT2D eigenvalue weighted by Gasteiger charge is -2.27. The number of hydrogen-bond acceptors (Lipinski definition) is 5. The topological polar surface area (TPSA) is 87.0 Å². The predicted molar refractivity (Wildman–Crippen MR) is 42.8 cm³/mol. The van der Waals surface area contributed by atoms with Gasteiger partial charge in [0.1, 0.15) is 11.9 Å². The van der Waals surface area contributed by atoms with Crippen molar-refractivity contribution in [1.82, 2.24) is 0 Å². The van der Waals surface area contributed by atoms with E-state index in [9.17, 15) is 15.0 Å². The largest absolute Gasteiger partial charge is 0.508 e. The number of esters is 1. The number of rotatable bonds is 1. The van der Waals surface area contributed by atoms with Crippen molar-refractivity contribution in [3.63, 3.8) is 0 Å². The Morgan fingerprint density at radius 3 is 2.77 bits per heavy atom. The van der Waals surface area contributed by atoms with Gasteiger partial charge in [-0.1, -0.05) is 0 Å². The fourth-order valence-corrected chi connectivity index (χ4v) is 1.01. The summed E-state index contributed by atoms with van der Waals surface area (Å²) >= 11 is 0. The highest BCUT2D eigenvalue weighted by Gasteiger charge is 2.43. The molecule has 0 aromatic heterocycles. The van der Waals surface area contributed by atoms with Crippen LogP contribution in [-0.4, -0.2) is 40.1 Å². The summed E-state index contributed by atoms with van der Waals surface area (Å²) in [6, 6.07) is 0. The van der Waals surface area contributed by atoms with Crippen LogP contribution in [0.3, 0.4) is 0 Å². The molecule has 5 heteroatoms. The van der Waals surface area contributed by atoms with Gasteiger partial charge in [0.2, 0.25) is 5.60 Å². The van der Waals surface area contributed by atoms with Crippen molar-refractivity contribution in [3.05, 3.63) is 24.0 Å². The fraction of sp³-hybridized carbons (Fsp3) is 0.375. The molecule has 0 heterocycles. The number of ether oxygens (including phenoxy) is 1. The molecule has 72 valence electrons. The van der Waals surface area contributed by atoms with E-state index >= 15 is 0 Å². The van der Waals surface area contributed by atoms with E-state index in [-0.39, 0.29) is 5.76 Å². The summed E-state index contributed by atoms with van der Waals surface area (Å²) in [5.41, 5.74) is -2.10. The van der Waals surface area contributed by atoms with Crippen molar-refractivity contribution in [2.75, 3.05) is 7.11 Å². The molecule has 0 fully saturated rings. The van der Waals surface area contributed by atoms with Crippen molar-refractivity contribution in [3.8, 4) is 0 Å². The van der Waals surface area contributed by atoms with E-state index in [0.29, 0.717) is 0 Å². The van der Waals surface area contributed by atoms with E-state index in [1.54, 1.807) is 0 Å². The smallest absolute Gasteiger partial charge is 0.345 e. The lowest BCUT2D eigenvalue weighted by Crippen LogP contribution is -2.49.